The lowest BCUT2D eigenvalue weighted by Gasteiger charge is -1.96. The number of aromatic nitrogens is 2. The minimum atomic E-state index is 0.568. The van der Waals surface area contributed by atoms with Gasteiger partial charge >= 0.3 is 0 Å². The van der Waals surface area contributed by atoms with Crippen molar-refractivity contribution < 1.29 is 9.30 Å². The molecule has 0 aromatic carbocycles. The largest absolute Gasteiger partial charge is 0.385 e. The Morgan fingerprint density at radius 1 is 1.47 bits per heavy atom. The van der Waals surface area contributed by atoms with Crippen LogP contribution in [-0.4, -0.2) is 18.3 Å². The Balaban J connectivity index is 2.24. The number of aryl methyl sites for hydroxylation is 2. The molecule has 0 aliphatic heterocycles. The van der Waals surface area contributed by atoms with Crippen molar-refractivity contribution >= 4 is 0 Å². The van der Waals surface area contributed by atoms with E-state index in [0.717, 1.165) is 32.5 Å². The first-order valence-electron chi connectivity index (χ1n) is 5.27. The Hall–Kier alpha value is -1.34. The minimum absolute atomic E-state index is 0.568. The highest BCUT2D eigenvalue weighted by Gasteiger charge is 2.02. The maximum absolute atomic E-state index is 8.45. The lowest BCUT2D eigenvalue weighted by atomic mass is 10.3. The number of unbranched alkanes of at least 4 members (excludes halogenated alkanes) is 1. The number of nitriles is 1. The number of rotatable bonds is 7. The van der Waals surface area contributed by atoms with E-state index in [4.69, 9.17) is 10.00 Å². The second-order valence-corrected chi connectivity index (χ2v) is 3.50. The summed E-state index contributed by atoms with van der Waals surface area (Å²) in [6.07, 6.45) is 8.88. The Bertz CT molecular complexity index is 314. The Morgan fingerprint density at radius 3 is 3.07 bits per heavy atom. The number of methoxy groups -OCH3 is 1. The molecule has 0 spiro atoms. The standard InChI is InChI=1S/C11H18N3O/c1-15-10-3-2-6-13-8-9-14(11-13)7-4-5-12/h8-9,11H,2-4,6-7,10H2,1H3/q+1. The predicted molar refractivity (Wildman–Crippen MR) is 56.0 cm³/mol. The summed E-state index contributed by atoms with van der Waals surface area (Å²) in [7, 11) is 1.73. The second kappa shape index (κ2) is 7.02. The zero-order valence-corrected chi connectivity index (χ0v) is 9.22. The average Bonchev–Trinajstić information content (AvgIpc) is 2.69. The molecule has 0 saturated heterocycles. The molecule has 0 atom stereocenters. The van der Waals surface area contributed by atoms with Crippen LogP contribution in [0, 0.1) is 11.3 Å². The van der Waals surface area contributed by atoms with Gasteiger partial charge in [-0.05, 0) is 12.8 Å². The van der Waals surface area contributed by atoms with Crippen LogP contribution < -0.4 is 4.57 Å². The average molecular weight is 208 g/mol. The van der Waals surface area contributed by atoms with E-state index in [1.165, 1.54) is 0 Å². The van der Waals surface area contributed by atoms with Gasteiger partial charge in [0.15, 0.2) is 0 Å². The highest BCUT2D eigenvalue weighted by atomic mass is 16.5. The molecular weight excluding hydrogens is 190 g/mol. The van der Waals surface area contributed by atoms with Crippen molar-refractivity contribution in [2.24, 2.45) is 0 Å². The van der Waals surface area contributed by atoms with Gasteiger partial charge in [-0.2, -0.15) is 5.26 Å². The van der Waals surface area contributed by atoms with E-state index in [2.05, 4.69) is 10.6 Å². The van der Waals surface area contributed by atoms with E-state index >= 15 is 0 Å². The maximum atomic E-state index is 8.45. The first kappa shape index (κ1) is 11.7. The SMILES string of the molecule is COCCCCn1cc[n+](CCC#N)c1. The molecule has 1 aromatic rings. The second-order valence-electron chi connectivity index (χ2n) is 3.50. The molecule has 4 nitrogen and oxygen atoms in total. The first-order chi connectivity index (χ1) is 7.36. The molecule has 1 aromatic heterocycles. The van der Waals surface area contributed by atoms with Crippen LogP contribution in [0.5, 0.6) is 0 Å². The lowest BCUT2D eigenvalue weighted by molar-refractivity contribution is -0.695. The molecule has 82 valence electrons. The summed E-state index contributed by atoms with van der Waals surface area (Å²) in [6, 6.07) is 2.14. The van der Waals surface area contributed by atoms with Crippen molar-refractivity contribution in [1.29, 1.82) is 5.26 Å². The monoisotopic (exact) mass is 208 g/mol. The van der Waals surface area contributed by atoms with Gasteiger partial charge in [0, 0.05) is 13.7 Å². The number of hydrogen-bond acceptors (Lipinski definition) is 2. The van der Waals surface area contributed by atoms with Gasteiger partial charge in [-0.25, -0.2) is 9.13 Å². The van der Waals surface area contributed by atoms with Gasteiger partial charge in [-0.3, -0.25) is 0 Å². The van der Waals surface area contributed by atoms with Crippen LogP contribution in [0.4, 0.5) is 0 Å². The van der Waals surface area contributed by atoms with Crippen molar-refractivity contribution in [3.63, 3.8) is 0 Å². The molecule has 0 unspecified atom stereocenters. The van der Waals surface area contributed by atoms with Crippen molar-refractivity contribution in [3.05, 3.63) is 18.7 Å². The lowest BCUT2D eigenvalue weighted by Crippen LogP contribution is -2.30. The molecule has 0 fully saturated rings. The van der Waals surface area contributed by atoms with E-state index in [1.54, 1.807) is 7.11 Å². The van der Waals surface area contributed by atoms with Gasteiger partial charge in [-0.15, -0.1) is 0 Å². The smallest absolute Gasteiger partial charge is 0.243 e. The molecule has 1 heterocycles. The van der Waals surface area contributed by atoms with Gasteiger partial charge in [0.2, 0.25) is 6.33 Å². The summed E-state index contributed by atoms with van der Waals surface area (Å²) in [5, 5.41) is 8.45. The van der Waals surface area contributed by atoms with Crippen LogP contribution in [0.2, 0.25) is 0 Å². The summed E-state index contributed by atoms with van der Waals surface area (Å²) in [6.45, 7) is 2.63. The van der Waals surface area contributed by atoms with E-state index in [9.17, 15) is 0 Å². The predicted octanol–water partition coefficient (Wildman–Crippen LogP) is 1.12. The van der Waals surface area contributed by atoms with E-state index < -0.39 is 0 Å². The Labute approximate surface area is 90.7 Å². The van der Waals surface area contributed by atoms with Crippen LogP contribution in [0.25, 0.3) is 0 Å². The molecule has 1 rings (SSSR count). The zero-order chi connectivity index (χ0) is 10.9. The van der Waals surface area contributed by atoms with Crippen molar-refractivity contribution in [3.8, 4) is 6.07 Å². The fourth-order valence-corrected chi connectivity index (χ4v) is 1.42. The van der Waals surface area contributed by atoms with Crippen molar-refractivity contribution in [2.45, 2.75) is 32.4 Å². The molecule has 4 heteroatoms. The maximum Gasteiger partial charge on any atom is 0.243 e. The van der Waals surface area contributed by atoms with Crippen LogP contribution in [0.15, 0.2) is 18.7 Å². The van der Waals surface area contributed by atoms with E-state index in [1.807, 2.05) is 23.3 Å². The molecule has 0 N–H and O–H groups in total. The topological polar surface area (TPSA) is 41.8 Å². The third-order valence-corrected chi connectivity index (χ3v) is 2.24. The summed E-state index contributed by atoms with van der Waals surface area (Å²) in [4.78, 5) is 0. The number of imidazole rings is 1. The Morgan fingerprint density at radius 2 is 2.33 bits per heavy atom. The normalized spacial score (nSPS) is 10.1. The highest BCUT2D eigenvalue weighted by Crippen LogP contribution is 1.94. The summed E-state index contributed by atoms with van der Waals surface area (Å²) in [5.41, 5.74) is 0. The third-order valence-electron chi connectivity index (χ3n) is 2.24. The Kier molecular flexibility index (Phi) is 5.49. The van der Waals surface area contributed by atoms with E-state index in [-0.39, 0.29) is 0 Å². The van der Waals surface area contributed by atoms with Crippen LogP contribution >= 0.6 is 0 Å². The fourth-order valence-electron chi connectivity index (χ4n) is 1.42. The molecular formula is C11H18N3O+. The van der Waals surface area contributed by atoms with E-state index in [0.29, 0.717) is 6.42 Å². The zero-order valence-electron chi connectivity index (χ0n) is 9.22. The highest BCUT2D eigenvalue weighted by molar-refractivity contribution is 4.68. The molecule has 0 radical (unpaired) electrons. The summed E-state index contributed by atoms with van der Waals surface area (Å²) >= 11 is 0. The van der Waals surface area contributed by atoms with Gasteiger partial charge in [0.1, 0.15) is 18.9 Å². The molecule has 0 saturated carbocycles. The molecule has 0 amide bonds. The summed E-state index contributed by atoms with van der Waals surface area (Å²) in [5.74, 6) is 0. The molecule has 0 aliphatic rings. The number of ether oxygens (including phenoxy) is 1. The molecule has 15 heavy (non-hydrogen) atoms. The minimum Gasteiger partial charge on any atom is -0.385 e. The first-order valence-corrected chi connectivity index (χ1v) is 5.27. The number of hydrogen-bond donors (Lipinski definition) is 0. The van der Waals surface area contributed by atoms with Crippen LogP contribution in [-0.2, 0) is 17.8 Å². The fraction of sp³-hybridized carbons (Fsp3) is 0.636. The number of nitrogens with zero attached hydrogens (tertiary/aromatic N) is 3. The molecule has 0 aliphatic carbocycles. The molecule has 0 bridgehead atoms. The van der Waals surface area contributed by atoms with Gasteiger partial charge in [0.05, 0.1) is 19.0 Å². The van der Waals surface area contributed by atoms with Crippen LogP contribution in [0.3, 0.4) is 0 Å². The van der Waals surface area contributed by atoms with Crippen LogP contribution in [0.1, 0.15) is 19.3 Å². The van der Waals surface area contributed by atoms with Gasteiger partial charge < -0.3 is 4.74 Å². The van der Waals surface area contributed by atoms with Crippen molar-refractivity contribution in [2.75, 3.05) is 13.7 Å². The van der Waals surface area contributed by atoms with Crippen molar-refractivity contribution in [1.82, 2.24) is 4.57 Å². The third kappa shape index (κ3) is 4.61. The van der Waals surface area contributed by atoms with Gasteiger partial charge in [-0.1, -0.05) is 0 Å². The quantitative estimate of drug-likeness (QED) is 0.497. The van der Waals surface area contributed by atoms with Gasteiger partial charge in [0.25, 0.3) is 0 Å². The summed E-state index contributed by atoms with van der Waals surface area (Å²) < 4.78 is 9.17.